The van der Waals surface area contributed by atoms with Gasteiger partial charge in [-0.15, -0.1) is 0 Å². The first kappa shape index (κ1) is 23.0. The summed E-state index contributed by atoms with van der Waals surface area (Å²) in [5, 5.41) is 8.78. The second-order valence-corrected chi connectivity index (χ2v) is 9.86. The molecular formula is C27H30N6O2. The van der Waals surface area contributed by atoms with Gasteiger partial charge in [0.25, 0.3) is 0 Å². The Morgan fingerprint density at radius 3 is 2.66 bits per heavy atom. The van der Waals surface area contributed by atoms with Crippen LogP contribution in [0, 0.1) is 16.7 Å². The van der Waals surface area contributed by atoms with E-state index in [0.717, 1.165) is 42.6 Å². The van der Waals surface area contributed by atoms with Crippen molar-refractivity contribution in [2.45, 2.75) is 45.4 Å². The van der Waals surface area contributed by atoms with Gasteiger partial charge >= 0.3 is 0 Å². The number of carbonyl (C=O) groups excluding carboxylic acids is 2. The van der Waals surface area contributed by atoms with Crippen LogP contribution < -0.4 is 4.90 Å². The van der Waals surface area contributed by atoms with Crippen LogP contribution in [0.3, 0.4) is 0 Å². The summed E-state index contributed by atoms with van der Waals surface area (Å²) in [7, 11) is 0. The summed E-state index contributed by atoms with van der Waals surface area (Å²) in [6, 6.07) is 10.1. The number of hydrogen-bond acceptors (Lipinski definition) is 6. The molecule has 1 aliphatic carbocycles. The lowest BCUT2D eigenvalue weighted by molar-refractivity contribution is -0.130. The molecule has 5 rings (SSSR count). The molecule has 0 atom stereocenters. The Morgan fingerprint density at radius 1 is 1.14 bits per heavy atom. The molecular weight excluding hydrogens is 440 g/mol. The number of piperazine rings is 1. The van der Waals surface area contributed by atoms with E-state index in [9.17, 15) is 9.59 Å². The van der Waals surface area contributed by atoms with E-state index < -0.39 is 0 Å². The Balaban J connectivity index is 1.38. The maximum absolute atomic E-state index is 13.5. The second-order valence-electron chi connectivity index (χ2n) is 9.86. The molecule has 180 valence electrons. The molecule has 3 heterocycles. The van der Waals surface area contributed by atoms with Crippen LogP contribution in [0.15, 0.2) is 36.7 Å². The molecule has 8 nitrogen and oxygen atoms in total. The number of ketones is 1. The Morgan fingerprint density at radius 2 is 1.91 bits per heavy atom. The quantitative estimate of drug-likeness (QED) is 0.556. The van der Waals surface area contributed by atoms with Gasteiger partial charge in [0, 0.05) is 49.0 Å². The fourth-order valence-electron chi connectivity index (χ4n) is 5.34. The number of nitrogens with zero attached hydrogens (tertiary/aromatic N) is 5. The van der Waals surface area contributed by atoms with Crippen molar-refractivity contribution in [3.63, 3.8) is 0 Å². The highest BCUT2D eigenvalue weighted by atomic mass is 16.2. The van der Waals surface area contributed by atoms with Crippen LogP contribution in [-0.2, 0) is 4.79 Å². The van der Waals surface area contributed by atoms with E-state index in [2.05, 4.69) is 33.9 Å². The molecule has 1 N–H and O–H groups in total. The number of fused-ring (bicyclic) bond motifs is 1. The maximum atomic E-state index is 13.5. The third kappa shape index (κ3) is 4.51. The van der Waals surface area contributed by atoms with Gasteiger partial charge in [0.2, 0.25) is 5.91 Å². The van der Waals surface area contributed by atoms with Crippen LogP contribution in [0.25, 0.3) is 22.4 Å². The van der Waals surface area contributed by atoms with Gasteiger partial charge in [-0.25, -0.2) is 9.97 Å². The number of amides is 1. The molecule has 0 radical (unpaired) electrons. The van der Waals surface area contributed by atoms with Crippen LogP contribution in [-0.4, -0.2) is 57.7 Å². The average molecular weight is 471 g/mol. The number of nitrogens with one attached hydrogen (secondary N) is 1. The van der Waals surface area contributed by atoms with Crippen molar-refractivity contribution in [1.29, 1.82) is 5.26 Å². The van der Waals surface area contributed by atoms with E-state index in [0.29, 0.717) is 42.9 Å². The number of Topliss-reactive ketones (excluding diaryl/α,β-unsaturated/α-hetero) is 1. The van der Waals surface area contributed by atoms with Gasteiger partial charge in [-0.1, -0.05) is 38.3 Å². The van der Waals surface area contributed by atoms with Gasteiger partial charge in [-0.2, -0.15) is 5.26 Å². The van der Waals surface area contributed by atoms with E-state index in [1.807, 2.05) is 18.2 Å². The normalized spacial score (nSPS) is 17.8. The molecule has 1 saturated carbocycles. The summed E-state index contributed by atoms with van der Waals surface area (Å²) in [5.74, 6) is 0.0517. The number of H-pyrrole nitrogens is 1. The molecule has 0 unspecified atom stereocenters. The van der Waals surface area contributed by atoms with Gasteiger partial charge in [-0.3, -0.25) is 9.59 Å². The first-order valence-corrected chi connectivity index (χ1v) is 12.4. The predicted octanol–water partition coefficient (Wildman–Crippen LogP) is 4.34. The van der Waals surface area contributed by atoms with Crippen LogP contribution >= 0.6 is 0 Å². The highest BCUT2D eigenvalue weighted by Crippen LogP contribution is 2.39. The first-order valence-electron chi connectivity index (χ1n) is 12.4. The molecule has 1 aliphatic heterocycles. The predicted molar refractivity (Wildman–Crippen MR) is 134 cm³/mol. The number of carbonyl (C=O) groups is 2. The highest BCUT2D eigenvalue weighted by Gasteiger charge is 2.36. The molecule has 2 aromatic heterocycles. The number of nitriles is 1. The molecule has 2 fully saturated rings. The Hall–Kier alpha value is -3.73. The zero-order valence-corrected chi connectivity index (χ0v) is 20.1. The zero-order chi connectivity index (χ0) is 24.4. The largest absolute Gasteiger partial charge is 0.368 e. The number of rotatable bonds is 5. The van der Waals surface area contributed by atoms with Gasteiger partial charge < -0.3 is 14.8 Å². The molecule has 1 amide bonds. The summed E-state index contributed by atoms with van der Waals surface area (Å²) in [4.78, 5) is 42.0. The van der Waals surface area contributed by atoms with Crippen molar-refractivity contribution >= 4 is 28.5 Å². The van der Waals surface area contributed by atoms with Gasteiger partial charge in [-0.05, 0) is 25.0 Å². The lowest BCUT2D eigenvalue weighted by Crippen LogP contribution is -2.48. The van der Waals surface area contributed by atoms with Crippen molar-refractivity contribution in [2.75, 3.05) is 31.1 Å². The fourth-order valence-corrected chi connectivity index (χ4v) is 5.34. The summed E-state index contributed by atoms with van der Waals surface area (Å²) >= 11 is 0. The minimum absolute atomic E-state index is 0.0700. The van der Waals surface area contributed by atoms with E-state index >= 15 is 0 Å². The molecule has 0 bridgehead atoms. The highest BCUT2D eigenvalue weighted by molar-refractivity contribution is 6.08. The molecule has 1 aromatic carbocycles. The van der Waals surface area contributed by atoms with Gasteiger partial charge in [0.05, 0.1) is 23.5 Å². The van der Waals surface area contributed by atoms with E-state index in [1.165, 1.54) is 6.42 Å². The summed E-state index contributed by atoms with van der Waals surface area (Å²) < 4.78 is 0. The third-order valence-corrected chi connectivity index (χ3v) is 7.50. The summed E-state index contributed by atoms with van der Waals surface area (Å²) in [5.41, 5.74) is 4.28. The van der Waals surface area contributed by atoms with Crippen molar-refractivity contribution in [1.82, 2.24) is 19.9 Å². The molecule has 35 heavy (non-hydrogen) atoms. The molecule has 0 spiro atoms. The van der Waals surface area contributed by atoms with E-state index in [1.54, 1.807) is 17.3 Å². The first-order chi connectivity index (χ1) is 17.0. The molecule has 8 heteroatoms. The van der Waals surface area contributed by atoms with Crippen molar-refractivity contribution in [3.8, 4) is 17.3 Å². The van der Waals surface area contributed by atoms with Crippen molar-refractivity contribution in [2.24, 2.45) is 5.41 Å². The number of benzene rings is 1. The molecule has 3 aromatic rings. The monoisotopic (exact) mass is 470 g/mol. The summed E-state index contributed by atoms with van der Waals surface area (Å²) in [6.07, 6.45) is 8.66. The SMILES string of the molecule is CC1(C(=O)c2c[nH]c3ncc(-c4cccc(N5CCN(C(=O)CC#N)CC5)c4)nc23)CCCCC1. The van der Waals surface area contributed by atoms with Crippen molar-refractivity contribution < 1.29 is 9.59 Å². The smallest absolute Gasteiger partial charge is 0.236 e. The fraction of sp³-hybridized carbons (Fsp3) is 0.444. The molecule has 2 aliphatic rings. The van der Waals surface area contributed by atoms with Crippen LogP contribution in [0.2, 0.25) is 0 Å². The average Bonchev–Trinajstić information content (AvgIpc) is 3.32. The minimum Gasteiger partial charge on any atom is -0.368 e. The Bertz CT molecular complexity index is 1290. The Kier molecular flexibility index (Phi) is 6.25. The van der Waals surface area contributed by atoms with E-state index in [-0.39, 0.29) is 23.5 Å². The van der Waals surface area contributed by atoms with Gasteiger partial charge in [0.15, 0.2) is 11.4 Å². The van der Waals surface area contributed by atoms with Crippen LogP contribution in [0.5, 0.6) is 0 Å². The lowest BCUT2D eigenvalue weighted by Gasteiger charge is -2.36. The standard InChI is InChI=1S/C27H30N6O2/c1-27(9-3-2-4-10-27)25(35)21-17-29-26-24(21)31-22(18-30-26)19-6-5-7-20(16-19)32-12-14-33(15-13-32)23(34)8-11-28/h5-7,16-18H,2-4,8-10,12-15H2,1H3,(H,29,30). The number of anilines is 1. The van der Waals surface area contributed by atoms with E-state index in [4.69, 9.17) is 10.2 Å². The topological polar surface area (TPSA) is 106 Å². The zero-order valence-electron chi connectivity index (χ0n) is 20.1. The minimum atomic E-state index is -0.332. The van der Waals surface area contributed by atoms with Gasteiger partial charge in [0.1, 0.15) is 11.9 Å². The van der Waals surface area contributed by atoms with Crippen LogP contribution in [0.4, 0.5) is 5.69 Å². The maximum Gasteiger partial charge on any atom is 0.236 e. The second kappa shape index (κ2) is 9.49. The van der Waals surface area contributed by atoms with Crippen molar-refractivity contribution in [3.05, 3.63) is 42.2 Å². The molecule has 1 saturated heterocycles. The lowest BCUT2D eigenvalue weighted by atomic mass is 9.71. The number of aromatic amines is 1. The number of hydrogen-bond donors (Lipinski definition) is 1. The Labute approximate surface area is 205 Å². The van der Waals surface area contributed by atoms with Crippen LogP contribution in [0.1, 0.15) is 55.8 Å². The summed E-state index contributed by atoms with van der Waals surface area (Å²) in [6.45, 7) is 4.71. The third-order valence-electron chi connectivity index (χ3n) is 7.50. The number of aromatic nitrogens is 3.